The van der Waals surface area contributed by atoms with Gasteiger partial charge in [0, 0.05) is 6.20 Å². The van der Waals surface area contributed by atoms with Gasteiger partial charge in [-0.2, -0.15) is 0 Å². The third-order valence-corrected chi connectivity index (χ3v) is 4.48. The third kappa shape index (κ3) is 1.38. The molecule has 6 heteroatoms. The van der Waals surface area contributed by atoms with E-state index in [0.717, 1.165) is 37.3 Å². The lowest BCUT2D eigenvalue weighted by atomic mass is 10.2. The summed E-state index contributed by atoms with van der Waals surface area (Å²) >= 11 is 2.70. The van der Waals surface area contributed by atoms with Crippen molar-refractivity contribution in [3.8, 4) is 0 Å². The van der Waals surface area contributed by atoms with Gasteiger partial charge < -0.3 is 16.8 Å². The summed E-state index contributed by atoms with van der Waals surface area (Å²) in [6.45, 7) is 0. The van der Waals surface area contributed by atoms with Crippen LogP contribution in [-0.4, -0.2) is 9.97 Å². The maximum absolute atomic E-state index is 5.90. The van der Waals surface area contributed by atoms with Crippen molar-refractivity contribution in [1.82, 2.24) is 10.3 Å². The minimum Gasteiger partial charge on any atom is -0.398 e. The van der Waals surface area contributed by atoms with Gasteiger partial charge >= 0.3 is 0 Å². The molecule has 2 aromatic rings. The highest BCUT2D eigenvalue weighted by Gasteiger charge is 2.13. The average Bonchev–Trinajstić information content (AvgIpc) is 2.90. The van der Waals surface area contributed by atoms with Crippen molar-refractivity contribution in [2.45, 2.75) is 0 Å². The highest BCUT2D eigenvalue weighted by atomic mass is 32.1. The van der Waals surface area contributed by atoms with Crippen LogP contribution < -0.4 is 16.8 Å². The first-order valence-corrected chi connectivity index (χ1v) is 6.48. The van der Waals surface area contributed by atoms with Crippen molar-refractivity contribution in [2.24, 2.45) is 0 Å². The lowest BCUT2D eigenvalue weighted by Crippen LogP contribution is -2.12. The molecule has 4 nitrogen and oxygen atoms in total. The van der Waals surface area contributed by atoms with Crippen molar-refractivity contribution in [1.29, 1.82) is 0 Å². The molecular weight excluding hydrogens is 240 g/mol. The maximum atomic E-state index is 5.90. The van der Waals surface area contributed by atoms with Gasteiger partial charge in [0.2, 0.25) is 0 Å². The normalized spacial score (nSPS) is 14.6. The zero-order valence-electron chi connectivity index (χ0n) is 8.27. The number of thiazole rings is 1. The van der Waals surface area contributed by atoms with E-state index in [1.807, 2.05) is 17.7 Å². The van der Waals surface area contributed by atoms with Crippen LogP contribution in [0.5, 0.6) is 0 Å². The SMILES string of the molecule is Nc1ccc(N)c2sc(C3=[SH]C=CN3)nc12. The molecule has 82 valence electrons. The molecule has 0 amide bonds. The van der Waals surface area contributed by atoms with Gasteiger partial charge in [0.15, 0.2) is 0 Å². The molecule has 1 aromatic heterocycles. The topological polar surface area (TPSA) is 77.0 Å². The second-order valence-corrected chi connectivity index (χ2v) is 5.38. The third-order valence-electron chi connectivity index (χ3n) is 2.31. The number of fused-ring (bicyclic) bond motifs is 1. The highest BCUT2D eigenvalue weighted by molar-refractivity contribution is 8.02. The van der Waals surface area contributed by atoms with Gasteiger partial charge in [-0.25, -0.2) is 4.98 Å². The van der Waals surface area contributed by atoms with Crippen LogP contribution in [0.4, 0.5) is 11.4 Å². The van der Waals surface area contributed by atoms with Crippen LogP contribution in [0, 0.1) is 0 Å². The van der Waals surface area contributed by atoms with Gasteiger partial charge in [-0.3, -0.25) is 0 Å². The summed E-state index contributed by atoms with van der Waals surface area (Å²) in [7, 11) is 0. The Hall–Kier alpha value is -1.53. The minimum absolute atomic E-state index is 0.676. The Labute approximate surface area is 99.9 Å². The fourth-order valence-corrected chi connectivity index (χ4v) is 3.36. The second kappa shape index (κ2) is 3.50. The first-order valence-electron chi connectivity index (χ1n) is 4.70. The Bertz CT molecular complexity index is 588. The first-order chi connectivity index (χ1) is 7.75. The Morgan fingerprint density at radius 3 is 2.75 bits per heavy atom. The molecule has 16 heavy (non-hydrogen) atoms. The van der Waals surface area contributed by atoms with E-state index in [0.29, 0.717) is 5.69 Å². The van der Waals surface area contributed by atoms with Crippen LogP contribution in [0.2, 0.25) is 0 Å². The summed E-state index contributed by atoms with van der Waals surface area (Å²) in [5.74, 6) is 0. The van der Waals surface area contributed by atoms with Gasteiger partial charge in [-0.05, 0) is 17.5 Å². The largest absolute Gasteiger partial charge is 0.398 e. The highest BCUT2D eigenvalue weighted by Crippen LogP contribution is 2.32. The van der Waals surface area contributed by atoms with Gasteiger partial charge in [0.25, 0.3) is 0 Å². The van der Waals surface area contributed by atoms with E-state index in [-0.39, 0.29) is 0 Å². The summed E-state index contributed by atoms with van der Waals surface area (Å²) in [5.41, 5.74) is 14.0. The van der Waals surface area contributed by atoms with E-state index in [4.69, 9.17) is 11.5 Å². The number of thiol groups is 1. The zero-order valence-corrected chi connectivity index (χ0v) is 9.98. The molecule has 0 radical (unpaired) electrons. The van der Waals surface area contributed by atoms with Crippen LogP contribution in [-0.2, 0) is 0 Å². The van der Waals surface area contributed by atoms with Crippen molar-refractivity contribution < 1.29 is 0 Å². The number of nitrogens with one attached hydrogen (secondary N) is 1. The van der Waals surface area contributed by atoms with Crippen LogP contribution in [0.3, 0.4) is 0 Å². The molecule has 0 unspecified atom stereocenters. The van der Waals surface area contributed by atoms with E-state index in [1.54, 1.807) is 17.4 Å². The van der Waals surface area contributed by atoms with E-state index in [9.17, 15) is 0 Å². The lowest BCUT2D eigenvalue weighted by Gasteiger charge is -1.96. The fraction of sp³-hybridized carbons (Fsp3) is 0. The predicted molar refractivity (Wildman–Crippen MR) is 73.8 cm³/mol. The second-order valence-electron chi connectivity index (χ2n) is 3.38. The maximum Gasteiger partial charge on any atom is 0.147 e. The Morgan fingerprint density at radius 1 is 1.25 bits per heavy atom. The van der Waals surface area contributed by atoms with Gasteiger partial charge in [0.1, 0.15) is 15.5 Å². The monoisotopic (exact) mass is 250 g/mol. The molecule has 1 aliphatic heterocycles. The van der Waals surface area contributed by atoms with Gasteiger partial charge in [-0.15, -0.1) is 22.7 Å². The summed E-state index contributed by atoms with van der Waals surface area (Å²) in [6, 6.07) is 3.62. The quantitative estimate of drug-likeness (QED) is 0.351. The minimum atomic E-state index is 0.676. The zero-order chi connectivity index (χ0) is 11.1. The summed E-state index contributed by atoms with van der Waals surface area (Å²) < 4.78 is 0.964. The summed E-state index contributed by atoms with van der Waals surface area (Å²) in [4.78, 5) is 5.61. The number of anilines is 2. The number of hydrogen-bond acceptors (Lipinski definition) is 5. The van der Waals surface area contributed by atoms with E-state index >= 15 is 0 Å². The molecule has 1 aliphatic rings. The Balaban J connectivity index is 2.23. The Morgan fingerprint density at radius 2 is 2.06 bits per heavy atom. The number of hydrogen-bond donors (Lipinski definition) is 4. The molecule has 0 saturated carbocycles. The fourth-order valence-electron chi connectivity index (χ4n) is 1.53. The van der Waals surface area contributed by atoms with Crippen molar-refractivity contribution in [2.75, 3.05) is 11.5 Å². The summed E-state index contributed by atoms with van der Waals surface area (Å²) in [6.07, 6.45) is 1.91. The first kappa shape index (κ1) is 9.68. The van der Waals surface area contributed by atoms with Gasteiger partial charge in [-0.1, -0.05) is 0 Å². The number of rotatable bonds is 1. The molecule has 2 heterocycles. The molecular formula is C10H10N4S2. The van der Waals surface area contributed by atoms with E-state index < -0.39 is 0 Å². The average molecular weight is 250 g/mol. The van der Waals surface area contributed by atoms with Crippen LogP contribution in [0.1, 0.15) is 5.01 Å². The van der Waals surface area contributed by atoms with E-state index in [1.165, 1.54) is 0 Å². The number of benzene rings is 1. The van der Waals surface area contributed by atoms with Crippen molar-refractivity contribution >= 4 is 49.3 Å². The number of nitrogens with zero attached hydrogens (tertiary/aromatic N) is 1. The molecule has 0 bridgehead atoms. The molecule has 0 aliphatic carbocycles. The van der Waals surface area contributed by atoms with Crippen LogP contribution >= 0.6 is 22.7 Å². The molecule has 0 fully saturated rings. The molecule has 0 spiro atoms. The summed E-state index contributed by atoms with van der Waals surface area (Å²) in [5, 5.41) is 6.15. The van der Waals surface area contributed by atoms with Crippen molar-refractivity contribution in [3.63, 3.8) is 0 Å². The standard InChI is InChI=1S/C10H10N4S2/c11-5-1-2-6(12)8-7(5)14-10(16-8)9-13-3-4-15-9/h1-4,13,15H,11-12H2. The van der Waals surface area contributed by atoms with Crippen molar-refractivity contribution in [3.05, 3.63) is 28.7 Å². The number of nitrogen functional groups attached to an aromatic ring is 2. The molecule has 1 aromatic carbocycles. The van der Waals surface area contributed by atoms with Crippen LogP contribution in [0.15, 0.2) is 23.7 Å². The molecule has 0 saturated heterocycles. The molecule has 3 rings (SSSR count). The number of aromatic nitrogens is 1. The smallest absolute Gasteiger partial charge is 0.147 e. The predicted octanol–water partition coefficient (Wildman–Crippen LogP) is 1.48. The lowest BCUT2D eigenvalue weighted by molar-refractivity contribution is 1.30. The van der Waals surface area contributed by atoms with Crippen LogP contribution in [0.25, 0.3) is 10.2 Å². The van der Waals surface area contributed by atoms with Gasteiger partial charge in [0.05, 0.1) is 16.1 Å². The van der Waals surface area contributed by atoms with E-state index in [2.05, 4.69) is 10.3 Å². The molecule has 0 atom stereocenters. The number of nitrogens with two attached hydrogens (primary N) is 2. The molecule has 5 N–H and O–H groups in total. The Kier molecular flexibility index (Phi) is 2.12.